The molecule has 0 atom stereocenters. The van der Waals surface area contributed by atoms with Crippen molar-refractivity contribution >= 4 is 0 Å². The molecule has 0 aliphatic carbocycles. The van der Waals surface area contributed by atoms with E-state index in [1.165, 1.54) is 5.56 Å². The third-order valence-electron chi connectivity index (χ3n) is 10.2. The summed E-state index contributed by atoms with van der Waals surface area (Å²) < 4.78 is 28.1. The molecule has 0 aliphatic rings. The largest absolute Gasteiger partial charge is 0.304 e. The molecule has 0 spiro atoms. The Bertz CT molecular complexity index is 2860. The van der Waals surface area contributed by atoms with Gasteiger partial charge in [0.2, 0.25) is 0 Å². The number of nitrogens with zero attached hydrogens (tertiary/aromatic N) is 2. The van der Waals surface area contributed by atoms with Crippen LogP contribution in [0.3, 0.4) is 0 Å². The van der Waals surface area contributed by atoms with Gasteiger partial charge in [0.05, 0.1) is 0 Å². The van der Waals surface area contributed by atoms with Crippen molar-refractivity contribution in [3.05, 3.63) is 218 Å². The molecule has 2 aromatic heterocycles. The van der Waals surface area contributed by atoms with Crippen LogP contribution in [-0.2, 0) is 20.1 Å². The van der Waals surface area contributed by atoms with Crippen LogP contribution in [0.5, 0.6) is 0 Å². The molecule has 1 radical (unpaired) electrons. The third-order valence-corrected chi connectivity index (χ3v) is 10.2. The molecule has 0 aliphatic heterocycles. The summed E-state index contributed by atoms with van der Waals surface area (Å²) in [6.45, 7) is 2.12. The van der Waals surface area contributed by atoms with Gasteiger partial charge in [0.1, 0.15) is 0 Å². The molecule has 58 heavy (non-hydrogen) atoms. The maximum Gasteiger partial charge on any atom is 0.0408 e. The number of pyridine rings is 2. The van der Waals surface area contributed by atoms with Crippen LogP contribution in [0, 0.1) is 30.7 Å². The topological polar surface area (TPSA) is 25.8 Å². The Labute approximate surface area is 351 Å². The van der Waals surface area contributed by atoms with Crippen molar-refractivity contribution in [3.63, 3.8) is 0 Å². The minimum absolute atomic E-state index is 0. The molecule has 281 valence electrons. The van der Waals surface area contributed by atoms with E-state index >= 15 is 0 Å². The average molecular weight is 929 g/mol. The number of rotatable bonds is 8. The average Bonchev–Trinajstić information content (AvgIpc) is 3.27. The van der Waals surface area contributed by atoms with Crippen LogP contribution in [0.1, 0.15) is 5.56 Å². The maximum atomic E-state index is 14.6. The molecule has 0 saturated carbocycles. The van der Waals surface area contributed by atoms with Crippen LogP contribution in [0.15, 0.2) is 188 Å². The Kier molecular flexibility index (Phi) is 11.1. The summed E-state index contributed by atoms with van der Waals surface area (Å²) in [6.07, 6.45) is 3.72. The van der Waals surface area contributed by atoms with Crippen LogP contribution in [0.25, 0.3) is 89.3 Å². The van der Waals surface area contributed by atoms with Gasteiger partial charge in [-0.15, -0.1) is 48.0 Å². The fourth-order valence-electron chi connectivity index (χ4n) is 7.47. The van der Waals surface area contributed by atoms with Crippen LogP contribution < -0.4 is 0 Å². The van der Waals surface area contributed by atoms with Crippen molar-refractivity contribution in [1.29, 1.82) is 0 Å². The zero-order chi connectivity index (χ0) is 38.7. The molecule has 0 fully saturated rings. The van der Waals surface area contributed by atoms with Crippen molar-refractivity contribution in [1.82, 2.24) is 9.97 Å². The zero-order valence-corrected chi connectivity index (χ0v) is 33.8. The van der Waals surface area contributed by atoms with Gasteiger partial charge in [0, 0.05) is 49.7 Å². The van der Waals surface area contributed by atoms with E-state index in [1.807, 2.05) is 54.7 Å². The van der Waals surface area contributed by atoms with Gasteiger partial charge in [-0.2, -0.15) is 0 Å². The molecule has 9 aromatic rings. The summed E-state index contributed by atoms with van der Waals surface area (Å²) in [5, 5.41) is 0. The number of halogens is 2. The van der Waals surface area contributed by atoms with E-state index in [0.29, 0.717) is 5.69 Å². The molecule has 0 bridgehead atoms. The molecular formula is C53H34F2IrN2-2. The van der Waals surface area contributed by atoms with Gasteiger partial charge in [-0.25, -0.2) is 0 Å². The van der Waals surface area contributed by atoms with Gasteiger partial charge in [0.25, 0.3) is 0 Å². The van der Waals surface area contributed by atoms with Gasteiger partial charge in [-0.1, -0.05) is 145 Å². The first kappa shape index (κ1) is 38.2. The van der Waals surface area contributed by atoms with E-state index in [4.69, 9.17) is 4.98 Å². The van der Waals surface area contributed by atoms with E-state index in [9.17, 15) is 8.78 Å². The van der Waals surface area contributed by atoms with E-state index < -0.39 is 11.6 Å². The first-order valence-corrected chi connectivity index (χ1v) is 18.8. The standard InChI is InChI=1S/C53H34F2N2.Ir/c1-35-28-41(45-17-9-8-16-44(45)40-24-27-52(56-33-40)48-26-25-43(54)31-51(48)55)30-42(29-35)46-18-10-11-19-47(46)50-34-57-53(39-14-6-3-7-15-39)32-49(50)38-22-20-37(21-23-38)36-12-4-2-5-13-36;/h2-14,16-25,27-34H,1H3;/q-2;. The fraction of sp³-hybridized carbons (Fsp3) is 0.0189. The Morgan fingerprint density at radius 2 is 1.02 bits per heavy atom. The molecule has 0 saturated heterocycles. The monoisotopic (exact) mass is 929 g/mol. The molecule has 5 heteroatoms. The summed E-state index contributed by atoms with van der Waals surface area (Å²) in [4.78, 5) is 9.55. The van der Waals surface area contributed by atoms with Gasteiger partial charge >= 0.3 is 0 Å². The van der Waals surface area contributed by atoms with E-state index in [0.717, 1.165) is 90.2 Å². The molecular weight excluding hydrogens is 895 g/mol. The normalized spacial score (nSPS) is 10.9. The SMILES string of the molecule is Cc1cc(-c2ccccc2-c2ccc(-c3[c-]cc(F)cc3F)nc2)cc(-c2ccccc2-c2cnc(-c3[c-]cccc3)cc2-c2ccc(-c3ccccc3)cc2)c1.[Ir]. The van der Waals surface area contributed by atoms with Crippen molar-refractivity contribution < 1.29 is 28.9 Å². The van der Waals surface area contributed by atoms with E-state index in [2.05, 4.69) is 133 Å². The second-order valence-electron chi connectivity index (χ2n) is 14.0. The second-order valence-corrected chi connectivity index (χ2v) is 14.0. The third kappa shape index (κ3) is 7.83. The minimum atomic E-state index is -0.697. The van der Waals surface area contributed by atoms with Crippen molar-refractivity contribution in [3.8, 4) is 89.3 Å². The summed E-state index contributed by atoms with van der Waals surface area (Å²) in [5.41, 5.74) is 16.2. The molecule has 0 amide bonds. The van der Waals surface area contributed by atoms with Crippen LogP contribution >= 0.6 is 0 Å². The number of benzene rings is 7. The molecule has 9 rings (SSSR count). The predicted octanol–water partition coefficient (Wildman–Crippen LogP) is 14.0. The Morgan fingerprint density at radius 1 is 0.431 bits per heavy atom. The number of hydrogen-bond donors (Lipinski definition) is 0. The number of aromatic nitrogens is 2. The van der Waals surface area contributed by atoms with Gasteiger partial charge < -0.3 is 9.97 Å². The Morgan fingerprint density at radius 3 is 1.67 bits per heavy atom. The first-order valence-electron chi connectivity index (χ1n) is 18.8. The number of hydrogen-bond acceptors (Lipinski definition) is 2. The molecule has 2 nitrogen and oxygen atoms in total. The number of aryl methyl sites for hydroxylation is 1. The van der Waals surface area contributed by atoms with E-state index in [1.54, 1.807) is 12.3 Å². The molecule has 7 aromatic carbocycles. The smallest absolute Gasteiger partial charge is 0.0408 e. The molecule has 0 N–H and O–H groups in total. The predicted molar refractivity (Wildman–Crippen MR) is 228 cm³/mol. The van der Waals surface area contributed by atoms with Crippen molar-refractivity contribution in [2.24, 2.45) is 0 Å². The summed E-state index contributed by atoms with van der Waals surface area (Å²) in [7, 11) is 0. The Hall–Kier alpha value is -6.65. The van der Waals surface area contributed by atoms with Crippen LogP contribution in [-0.4, -0.2) is 9.97 Å². The van der Waals surface area contributed by atoms with Crippen LogP contribution in [0.4, 0.5) is 8.78 Å². The van der Waals surface area contributed by atoms with Gasteiger partial charge in [0.15, 0.2) is 0 Å². The maximum absolute atomic E-state index is 14.6. The van der Waals surface area contributed by atoms with Crippen molar-refractivity contribution in [2.75, 3.05) is 0 Å². The summed E-state index contributed by atoms with van der Waals surface area (Å²) in [6, 6.07) is 64.3. The first-order chi connectivity index (χ1) is 28.0. The summed E-state index contributed by atoms with van der Waals surface area (Å²) >= 11 is 0. The zero-order valence-electron chi connectivity index (χ0n) is 31.4. The molecule has 0 unspecified atom stereocenters. The summed E-state index contributed by atoms with van der Waals surface area (Å²) in [5.74, 6) is -1.37. The second kappa shape index (κ2) is 16.8. The van der Waals surface area contributed by atoms with Crippen LogP contribution in [0.2, 0.25) is 0 Å². The quantitative estimate of drug-likeness (QED) is 0.142. The minimum Gasteiger partial charge on any atom is -0.304 e. The van der Waals surface area contributed by atoms with E-state index in [-0.39, 0.29) is 25.7 Å². The van der Waals surface area contributed by atoms with Gasteiger partial charge in [-0.05, 0) is 91.1 Å². The van der Waals surface area contributed by atoms with Gasteiger partial charge in [-0.3, -0.25) is 8.78 Å². The molecule has 2 heterocycles. The van der Waals surface area contributed by atoms with Crippen molar-refractivity contribution in [2.45, 2.75) is 6.92 Å². The fourth-order valence-corrected chi connectivity index (χ4v) is 7.47. The Balaban J connectivity index is 0.00000469.